The summed E-state index contributed by atoms with van der Waals surface area (Å²) in [5.74, 6) is 0.939. The van der Waals surface area contributed by atoms with Crippen LogP contribution in [0.1, 0.15) is 49.7 Å². The zero-order valence-corrected chi connectivity index (χ0v) is 14.1. The van der Waals surface area contributed by atoms with Gasteiger partial charge in [-0.2, -0.15) is 0 Å². The predicted octanol–water partition coefficient (Wildman–Crippen LogP) is 4.79. The minimum Gasteiger partial charge on any atom is -0.508 e. The van der Waals surface area contributed by atoms with Gasteiger partial charge in [-0.1, -0.05) is 24.3 Å². The van der Waals surface area contributed by atoms with Gasteiger partial charge in [0.05, 0.1) is 0 Å². The van der Waals surface area contributed by atoms with Crippen LogP contribution in [0.3, 0.4) is 0 Å². The first-order valence-electron chi connectivity index (χ1n) is 8.71. The van der Waals surface area contributed by atoms with Crippen molar-refractivity contribution < 1.29 is 15.0 Å². The summed E-state index contributed by atoms with van der Waals surface area (Å²) in [6, 6.07) is 14.5. The number of carbonyl (C=O) groups excluding carboxylic acids is 1. The number of benzene rings is 2. The lowest BCUT2D eigenvalue weighted by Gasteiger charge is -2.04. The Morgan fingerprint density at radius 2 is 1.00 bits per heavy atom. The summed E-state index contributed by atoms with van der Waals surface area (Å²) < 4.78 is 0. The molecular weight excluding hydrogens is 300 g/mol. The summed E-state index contributed by atoms with van der Waals surface area (Å²) in [4.78, 5) is 11.9. The highest BCUT2D eigenvalue weighted by Crippen LogP contribution is 2.14. The van der Waals surface area contributed by atoms with Crippen molar-refractivity contribution in [2.45, 2.75) is 51.4 Å². The van der Waals surface area contributed by atoms with Crippen molar-refractivity contribution in [1.82, 2.24) is 0 Å². The molecule has 0 unspecified atom stereocenters. The fraction of sp³-hybridized carbons (Fsp3) is 0.381. The highest BCUT2D eigenvalue weighted by atomic mass is 16.3. The molecule has 2 aromatic rings. The van der Waals surface area contributed by atoms with Crippen LogP contribution in [0.15, 0.2) is 48.5 Å². The topological polar surface area (TPSA) is 57.5 Å². The quantitative estimate of drug-likeness (QED) is 0.617. The summed E-state index contributed by atoms with van der Waals surface area (Å²) in [5.41, 5.74) is 2.41. The molecule has 24 heavy (non-hydrogen) atoms. The van der Waals surface area contributed by atoms with Gasteiger partial charge < -0.3 is 10.2 Å². The van der Waals surface area contributed by atoms with Gasteiger partial charge in [-0.25, -0.2) is 0 Å². The molecule has 0 spiro atoms. The second kappa shape index (κ2) is 9.76. The molecule has 128 valence electrons. The number of aryl methyl sites for hydroxylation is 2. The maximum absolute atomic E-state index is 11.9. The second-order valence-electron chi connectivity index (χ2n) is 6.29. The van der Waals surface area contributed by atoms with Crippen LogP contribution in [0, 0.1) is 0 Å². The molecule has 2 aromatic carbocycles. The predicted molar refractivity (Wildman–Crippen MR) is 96.3 cm³/mol. The average Bonchev–Trinajstić information content (AvgIpc) is 2.59. The van der Waals surface area contributed by atoms with Gasteiger partial charge >= 0.3 is 0 Å². The number of aromatic hydroxyl groups is 2. The molecule has 0 heterocycles. The molecule has 0 aliphatic rings. The first kappa shape index (κ1) is 18.1. The number of rotatable bonds is 10. The molecule has 0 saturated carbocycles. The molecule has 0 aromatic heterocycles. The molecule has 0 aliphatic carbocycles. The van der Waals surface area contributed by atoms with E-state index in [0.717, 1.165) is 38.5 Å². The molecule has 0 saturated heterocycles. The fourth-order valence-electron chi connectivity index (χ4n) is 2.75. The van der Waals surface area contributed by atoms with E-state index in [9.17, 15) is 15.0 Å². The number of phenols is 2. The third kappa shape index (κ3) is 6.86. The number of phenolic OH excluding ortho intramolecular Hbond substituents is 2. The van der Waals surface area contributed by atoms with Crippen molar-refractivity contribution in [2.75, 3.05) is 0 Å². The van der Waals surface area contributed by atoms with Crippen LogP contribution in [0.2, 0.25) is 0 Å². The molecule has 2 N–H and O–H groups in total. The smallest absolute Gasteiger partial charge is 0.132 e. The lowest BCUT2D eigenvalue weighted by molar-refractivity contribution is -0.119. The highest BCUT2D eigenvalue weighted by Gasteiger charge is 2.03. The van der Waals surface area contributed by atoms with Crippen LogP contribution >= 0.6 is 0 Å². The largest absolute Gasteiger partial charge is 0.508 e. The van der Waals surface area contributed by atoms with E-state index < -0.39 is 0 Å². The highest BCUT2D eigenvalue weighted by molar-refractivity contribution is 5.78. The Labute approximate surface area is 144 Å². The number of ketones is 1. The lowest BCUT2D eigenvalue weighted by Crippen LogP contribution is -1.99. The molecule has 0 amide bonds. The van der Waals surface area contributed by atoms with E-state index in [-0.39, 0.29) is 0 Å². The number of hydrogen-bond donors (Lipinski definition) is 2. The Morgan fingerprint density at radius 1 is 0.625 bits per heavy atom. The van der Waals surface area contributed by atoms with E-state index in [1.54, 1.807) is 24.3 Å². The molecule has 3 heteroatoms. The van der Waals surface area contributed by atoms with Gasteiger partial charge in [-0.05, 0) is 73.9 Å². The number of unbranched alkanes of at least 4 members (excludes halogenated alkanes) is 2. The van der Waals surface area contributed by atoms with E-state index >= 15 is 0 Å². The van der Waals surface area contributed by atoms with Crippen molar-refractivity contribution in [3.8, 4) is 11.5 Å². The van der Waals surface area contributed by atoms with Crippen molar-refractivity contribution >= 4 is 5.78 Å². The number of Topliss-reactive ketones (excluding diaryl/α,β-unsaturated/α-hetero) is 1. The van der Waals surface area contributed by atoms with Gasteiger partial charge in [0.2, 0.25) is 0 Å². The zero-order chi connectivity index (χ0) is 17.2. The lowest BCUT2D eigenvalue weighted by atomic mass is 10.0. The van der Waals surface area contributed by atoms with Crippen LogP contribution in [0.4, 0.5) is 0 Å². The molecular formula is C21H26O3. The maximum atomic E-state index is 11.9. The van der Waals surface area contributed by atoms with Crippen LogP contribution in [-0.2, 0) is 17.6 Å². The molecule has 0 atom stereocenters. The van der Waals surface area contributed by atoms with E-state index in [1.807, 2.05) is 24.3 Å². The van der Waals surface area contributed by atoms with Gasteiger partial charge in [0.15, 0.2) is 0 Å². The van der Waals surface area contributed by atoms with Crippen molar-refractivity contribution in [1.29, 1.82) is 0 Å². The Morgan fingerprint density at radius 3 is 1.38 bits per heavy atom. The molecule has 0 aliphatic heterocycles. The van der Waals surface area contributed by atoms with Crippen molar-refractivity contribution in [2.24, 2.45) is 0 Å². The summed E-state index contributed by atoms with van der Waals surface area (Å²) in [6.45, 7) is 0. The summed E-state index contributed by atoms with van der Waals surface area (Å²) >= 11 is 0. The van der Waals surface area contributed by atoms with Crippen LogP contribution < -0.4 is 0 Å². The fourth-order valence-corrected chi connectivity index (χ4v) is 2.75. The minimum atomic E-state index is 0.293. The SMILES string of the molecule is O=C(CCCCc1ccc(O)cc1)CCCCc1ccc(O)cc1. The average molecular weight is 326 g/mol. The van der Waals surface area contributed by atoms with Gasteiger partial charge in [0.25, 0.3) is 0 Å². The Bertz CT molecular complexity index is 559. The number of hydrogen-bond acceptors (Lipinski definition) is 3. The standard InChI is InChI=1S/C21H26O3/c22-19(7-3-1-5-17-9-13-20(23)14-10-17)8-4-2-6-18-11-15-21(24)16-12-18/h9-16,23-24H,1-8H2. The Kier molecular flexibility index (Phi) is 7.34. The van der Waals surface area contributed by atoms with Crippen LogP contribution in [0.25, 0.3) is 0 Å². The number of carbonyl (C=O) groups is 1. The van der Waals surface area contributed by atoms with Gasteiger partial charge in [-0.15, -0.1) is 0 Å². The normalized spacial score (nSPS) is 10.7. The van der Waals surface area contributed by atoms with Crippen molar-refractivity contribution in [3.63, 3.8) is 0 Å². The van der Waals surface area contributed by atoms with Crippen LogP contribution in [-0.4, -0.2) is 16.0 Å². The summed E-state index contributed by atoms with van der Waals surface area (Å²) in [7, 11) is 0. The molecule has 0 fully saturated rings. The maximum Gasteiger partial charge on any atom is 0.132 e. The third-order valence-electron chi connectivity index (χ3n) is 4.21. The minimum absolute atomic E-state index is 0.293. The zero-order valence-electron chi connectivity index (χ0n) is 14.1. The molecule has 0 bridgehead atoms. The monoisotopic (exact) mass is 326 g/mol. The second-order valence-corrected chi connectivity index (χ2v) is 6.29. The first-order chi connectivity index (χ1) is 11.6. The van der Waals surface area contributed by atoms with E-state index in [0.29, 0.717) is 30.1 Å². The summed E-state index contributed by atoms with van der Waals surface area (Å²) in [6.07, 6.45) is 7.10. The third-order valence-corrected chi connectivity index (χ3v) is 4.21. The van der Waals surface area contributed by atoms with Gasteiger partial charge in [-0.3, -0.25) is 4.79 Å². The van der Waals surface area contributed by atoms with E-state index in [4.69, 9.17) is 0 Å². The first-order valence-corrected chi connectivity index (χ1v) is 8.71. The Balaban J connectivity index is 1.52. The Hall–Kier alpha value is -2.29. The van der Waals surface area contributed by atoms with E-state index in [1.165, 1.54) is 11.1 Å². The molecule has 3 nitrogen and oxygen atoms in total. The van der Waals surface area contributed by atoms with E-state index in [2.05, 4.69) is 0 Å². The van der Waals surface area contributed by atoms with Crippen LogP contribution in [0.5, 0.6) is 11.5 Å². The van der Waals surface area contributed by atoms with Crippen molar-refractivity contribution in [3.05, 3.63) is 59.7 Å². The summed E-state index contributed by atoms with van der Waals surface area (Å²) in [5, 5.41) is 18.5. The molecule has 0 radical (unpaired) electrons. The van der Waals surface area contributed by atoms with Gasteiger partial charge in [0, 0.05) is 12.8 Å². The van der Waals surface area contributed by atoms with Gasteiger partial charge in [0.1, 0.15) is 17.3 Å². The molecule has 2 rings (SSSR count).